The van der Waals surface area contributed by atoms with Crippen molar-refractivity contribution in [2.75, 3.05) is 59.1 Å². The topological polar surface area (TPSA) is 62.8 Å². The zero-order valence-corrected chi connectivity index (χ0v) is 13.8. The average Bonchev–Trinajstić information content (AvgIpc) is 2.60. The van der Waals surface area contributed by atoms with Gasteiger partial charge in [0.2, 0.25) is 0 Å². The van der Waals surface area contributed by atoms with Crippen molar-refractivity contribution in [3.05, 3.63) is 29.8 Å². The molecule has 0 bridgehead atoms. The van der Waals surface area contributed by atoms with Crippen molar-refractivity contribution in [2.45, 2.75) is 6.92 Å². The lowest BCUT2D eigenvalue weighted by molar-refractivity contribution is 0.0930. The van der Waals surface area contributed by atoms with Gasteiger partial charge in [-0.25, -0.2) is 0 Å². The Labute approximate surface area is 138 Å². The lowest BCUT2D eigenvalue weighted by Gasteiger charge is -2.27. The summed E-state index contributed by atoms with van der Waals surface area (Å²) in [6.45, 7) is 9.20. The first-order valence-corrected chi connectivity index (χ1v) is 8.32. The summed E-state index contributed by atoms with van der Waals surface area (Å²) in [5.41, 5.74) is 0.573. The first kappa shape index (κ1) is 17.7. The summed E-state index contributed by atoms with van der Waals surface area (Å²) < 4.78 is 10.9. The normalized spacial score (nSPS) is 15.3. The summed E-state index contributed by atoms with van der Waals surface area (Å²) in [4.78, 5) is 14.7. The molecular weight excluding hydrogens is 294 g/mol. The Morgan fingerprint density at radius 2 is 2.04 bits per heavy atom. The van der Waals surface area contributed by atoms with E-state index in [0.717, 1.165) is 32.7 Å². The molecule has 1 aliphatic heterocycles. The second-order valence-electron chi connectivity index (χ2n) is 5.39. The van der Waals surface area contributed by atoms with Gasteiger partial charge >= 0.3 is 0 Å². The number of ether oxygens (including phenoxy) is 2. The van der Waals surface area contributed by atoms with Crippen molar-refractivity contribution in [3.63, 3.8) is 0 Å². The lowest BCUT2D eigenvalue weighted by Crippen LogP contribution is -2.46. The van der Waals surface area contributed by atoms with Crippen LogP contribution >= 0.6 is 0 Å². The van der Waals surface area contributed by atoms with Gasteiger partial charge in [-0.1, -0.05) is 12.1 Å². The maximum atomic E-state index is 12.3. The fourth-order valence-corrected chi connectivity index (χ4v) is 2.49. The Bertz CT molecular complexity index is 476. The summed E-state index contributed by atoms with van der Waals surface area (Å²) in [5.74, 6) is 0.513. The molecule has 0 radical (unpaired) electrons. The van der Waals surface area contributed by atoms with Crippen LogP contribution < -0.4 is 15.4 Å². The highest BCUT2D eigenvalue weighted by Crippen LogP contribution is 2.17. The molecular formula is C17H27N3O3. The van der Waals surface area contributed by atoms with Gasteiger partial charge < -0.3 is 20.1 Å². The number of para-hydroxylation sites is 1. The van der Waals surface area contributed by atoms with E-state index < -0.39 is 0 Å². The van der Waals surface area contributed by atoms with E-state index in [4.69, 9.17) is 9.47 Å². The van der Waals surface area contributed by atoms with Gasteiger partial charge in [0.05, 0.1) is 12.2 Å². The largest absolute Gasteiger partial charge is 0.490 e. The van der Waals surface area contributed by atoms with Gasteiger partial charge in [-0.2, -0.15) is 0 Å². The highest BCUT2D eigenvalue weighted by atomic mass is 16.5. The standard InChI is InChI=1S/C17H27N3O3/c1-2-22-13-14-23-16-6-4-3-5-15(16)17(21)19-9-12-20-10-7-18-8-11-20/h3-6,18H,2,7-14H2,1H3,(H,19,21). The SMILES string of the molecule is CCOCCOc1ccccc1C(=O)NCCN1CCNCC1. The summed E-state index contributed by atoms with van der Waals surface area (Å²) in [7, 11) is 0. The number of carbonyl (C=O) groups excluding carboxylic acids is 1. The van der Waals surface area contributed by atoms with Crippen molar-refractivity contribution in [2.24, 2.45) is 0 Å². The molecule has 128 valence electrons. The van der Waals surface area contributed by atoms with Crippen LogP contribution in [0.1, 0.15) is 17.3 Å². The number of nitrogens with zero attached hydrogens (tertiary/aromatic N) is 1. The summed E-state index contributed by atoms with van der Waals surface area (Å²) in [6.07, 6.45) is 0. The molecule has 2 rings (SSSR count). The second kappa shape index (κ2) is 10.2. The molecule has 1 amide bonds. The quantitative estimate of drug-likeness (QED) is 0.657. The lowest BCUT2D eigenvalue weighted by atomic mass is 10.2. The highest BCUT2D eigenvalue weighted by molar-refractivity contribution is 5.96. The minimum Gasteiger partial charge on any atom is -0.490 e. The van der Waals surface area contributed by atoms with Crippen LogP contribution in [0.5, 0.6) is 5.75 Å². The maximum Gasteiger partial charge on any atom is 0.255 e. The average molecular weight is 321 g/mol. The highest BCUT2D eigenvalue weighted by Gasteiger charge is 2.13. The van der Waals surface area contributed by atoms with Crippen LogP contribution in [0.25, 0.3) is 0 Å². The molecule has 23 heavy (non-hydrogen) atoms. The van der Waals surface area contributed by atoms with Crippen LogP contribution in [0.2, 0.25) is 0 Å². The van der Waals surface area contributed by atoms with Gasteiger partial charge in [0.25, 0.3) is 5.91 Å². The predicted octanol–water partition coefficient (Wildman–Crippen LogP) is 0.737. The molecule has 1 aromatic carbocycles. The van der Waals surface area contributed by atoms with Crippen molar-refractivity contribution < 1.29 is 14.3 Å². The molecule has 1 saturated heterocycles. The molecule has 0 aromatic heterocycles. The van der Waals surface area contributed by atoms with Gasteiger partial charge in [-0.05, 0) is 19.1 Å². The van der Waals surface area contributed by atoms with Gasteiger partial charge in [-0.15, -0.1) is 0 Å². The Morgan fingerprint density at radius 3 is 2.83 bits per heavy atom. The number of piperazine rings is 1. The summed E-state index contributed by atoms with van der Waals surface area (Å²) >= 11 is 0. The fraction of sp³-hybridized carbons (Fsp3) is 0.588. The third-order valence-corrected chi connectivity index (χ3v) is 3.74. The monoisotopic (exact) mass is 321 g/mol. The molecule has 1 heterocycles. The Balaban J connectivity index is 1.78. The minimum absolute atomic E-state index is 0.0906. The zero-order chi connectivity index (χ0) is 16.3. The molecule has 0 aliphatic carbocycles. The van der Waals surface area contributed by atoms with Crippen molar-refractivity contribution in [3.8, 4) is 5.75 Å². The molecule has 1 fully saturated rings. The molecule has 6 nitrogen and oxygen atoms in total. The molecule has 0 unspecified atom stereocenters. The van der Waals surface area contributed by atoms with Gasteiger partial charge in [0.15, 0.2) is 0 Å². The number of hydrogen-bond acceptors (Lipinski definition) is 5. The van der Waals surface area contributed by atoms with E-state index in [-0.39, 0.29) is 5.91 Å². The van der Waals surface area contributed by atoms with Crippen molar-refractivity contribution >= 4 is 5.91 Å². The van der Waals surface area contributed by atoms with E-state index in [0.29, 0.717) is 37.7 Å². The third-order valence-electron chi connectivity index (χ3n) is 3.74. The first-order valence-electron chi connectivity index (χ1n) is 8.32. The zero-order valence-electron chi connectivity index (χ0n) is 13.8. The molecule has 1 aliphatic rings. The smallest absolute Gasteiger partial charge is 0.255 e. The molecule has 0 atom stereocenters. The molecule has 0 saturated carbocycles. The minimum atomic E-state index is -0.0906. The van der Waals surface area contributed by atoms with E-state index in [2.05, 4.69) is 15.5 Å². The predicted molar refractivity (Wildman–Crippen MR) is 90.1 cm³/mol. The number of amides is 1. The van der Waals surface area contributed by atoms with E-state index in [1.165, 1.54) is 0 Å². The van der Waals surface area contributed by atoms with E-state index >= 15 is 0 Å². The fourth-order valence-electron chi connectivity index (χ4n) is 2.49. The second-order valence-corrected chi connectivity index (χ2v) is 5.39. The number of rotatable bonds is 9. The summed E-state index contributed by atoms with van der Waals surface area (Å²) in [5, 5.41) is 6.30. The van der Waals surface area contributed by atoms with Crippen LogP contribution in [-0.4, -0.2) is 69.9 Å². The number of hydrogen-bond donors (Lipinski definition) is 2. The molecule has 1 aromatic rings. The Kier molecular flexibility index (Phi) is 7.86. The third kappa shape index (κ3) is 6.17. The van der Waals surface area contributed by atoms with Gasteiger partial charge in [0, 0.05) is 45.9 Å². The summed E-state index contributed by atoms with van der Waals surface area (Å²) in [6, 6.07) is 7.32. The van der Waals surface area contributed by atoms with Gasteiger partial charge in [0.1, 0.15) is 12.4 Å². The van der Waals surface area contributed by atoms with Crippen LogP contribution in [-0.2, 0) is 4.74 Å². The Hall–Kier alpha value is -1.63. The molecule has 0 spiro atoms. The molecule has 6 heteroatoms. The Morgan fingerprint density at radius 1 is 1.26 bits per heavy atom. The van der Waals surface area contributed by atoms with E-state index in [1.807, 2.05) is 25.1 Å². The van der Waals surface area contributed by atoms with E-state index in [1.54, 1.807) is 6.07 Å². The maximum absolute atomic E-state index is 12.3. The molecule has 2 N–H and O–H groups in total. The van der Waals surface area contributed by atoms with Crippen molar-refractivity contribution in [1.29, 1.82) is 0 Å². The number of nitrogens with one attached hydrogen (secondary N) is 2. The van der Waals surface area contributed by atoms with E-state index in [9.17, 15) is 4.79 Å². The van der Waals surface area contributed by atoms with Crippen LogP contribution in [0.3, 0.4) is 0 Å². The van der Waals surface area contributed by atoms with Crippen LogP contribution in [0, 0.1) is 0 Å². The number of benzene rings is 1. The first-order chi connectivity index (χ1) is 11.3. The van der Waals surface area contributed by atoms with Crippen LogP contribution in [0.4, 0.5) is 0 Å². The number of carbonyl (C=O) groups is 1. The van der Waals surface area contributed by atoms with Crippen molar-refractivity contribution in [1.82, 2.24) is 15.5 Å². The van der Waals surface area contributed by atoms with Crippen LogP contribution in [0.15, 0.2) is 24.3 Å². The van der Waals surface area contributed by atoms with Gasteiger partial charge in [-0.3, -0.25) is 9.69 Å².